The normalized spacial score (nSPS) is 15.2. The number of hydrogen-bond acceptors (Lipinski definition) is 4. The minimum Gasteiger partial charge on any atom is -0.353 e. The summed E-state index contributed by atoms with van der Waals surface area (Å²) in [5.41, 5.74) is 4.16. The Kier molecular flexibility index (Phi) is 4.34. The highest BCUT2D eigenvalue weighted by Crippen LogP contribution is 2.23. The maximum absolute atomic E-state index is 12.1. The fourth-order valence-corrected chi connectivity index (χ4v) is 3.08. The zero-order valence-electron chi connectivity index (χ0n) is 15.2. The molecule has 7 nitrogen and oxygen atoms in total. The molecule has 2 aromatic heterocycles. The quantitative estimate of drug-likeness (QED) is 0.841. The van der Waals surface area contributed by atoms with Crippen LogP contribution in [0.2, 0.25) is 0 Å². The average molecular weight is 330 g/mol. The van der Waals surface area contributed by atoms with Crippen LogP contribution in [0.25, 0.3) is 5.65 Å². The maximum Gasteiger partial charge on any atom is 0.319 e. The molecule has 130 valence electrons. The van der Waals surface area contributed by atoms with Crippen molar-refractivity contribution in [2.45, 2.75) is 27.2 Å². The third kappa shape index (κ3) is 2.79. The molecule has 2 amide bonds. The summed E-state index contributed by atoms with van der Waals surface area (Å²) in [6.07, 6.45) is 0.895. The number of aromatic nitrogens is 3. The molecule has 3 heterocycles. The Bertz CT molecular complexity index is 758. The van der Waals surface area contributed by atoms with Gasteiger partial charge in [-0.3, -0.25) is 0 Å². The van der Waals surface area contributed by atoms with Crippen LogP contribution in [0.1, 0.15) is 23.9 Å². The van der Waals surface area contributed by atoms with Gasteiger partial charge in [0.2, 0.25) is 0 Å². The number of urea groups is 1. The number of rotatable bonds is 2. The summed E-state index contributed by atoms with van der Waals surface area (Å²) in [6.45, 7) is 9.27. The second-order valence-electron chi connectivity index (χ2n) is 6.56. The molecule has 0 spiro atoms. The molecule has 0 N–H and O–H groups in total. The van der Waals surface area contributed by atoms with E-state index < -0.39 is 0 Å². The number of hydrogen-bond donors (Lipinski definition) is 0. The predicted octanol–water partition coefficient (Wildman–Crippen LogP) is 1.71. The van der Waals surface area contributed by atoms with Crippen molar-refractivity contribution in [2.24, 2.45) is 0 Å². The lowest BCUT2D eigenvalue weighted by Gasteiger charge is -2.37. The first-order valence-corrected chi connectivity index (χ1v) is 8.49. The van der Waals surface area contributed by atoms with Crippen molar-refractivity contribution < 1.29 is 4.79 Å². The fourth-order valence-electron chi connectivity index (χ4n) is 3.08. The summed E-state index contributed by atoms with van der Waals surface area (Å²) in [7, 11) is 3.59. The number of amides is 2. The van der Waals surface area contributed by atoms with Crippen LogP contribution in [0.4, 0.5) is 10.6 Å². The minimum atomic E-state index is 0.0783. The zero-order valence-corrected chi connectivity index (χ0v) is 15.2. The van der Waals surface area contributed by atoms with Gasteiger partial charge in [0.05, 0.1) is 5.69 Å². The smallest absolute Gasteiger partial charge is 0.319 e. The van der Waals surface area contributed by atoms with E-state index in [1.165, 1.54) is 0 Å². The van der Waals surface area contributed by atoms with E-state index in [-0.39, 0.29) is 6.03 Å². The van der Waals surface area contributed by atoms with E-state index in [4.69, 9.17) is 4.98 Å². The van der Waals surface area contributed by atoms with Crippen molar-refractivity contribution in [3.63, 3.8) is 0 Å². The molecule has 0 unspecified atom stereocenters. The molecule has 7 heteroatoms. The SMILES string of the molecule is CCc1cc(N2CCN(C(=O)N(C)C)CC2)n2nc(C)c(C)c2n1. The van der Waals surface area contributed by atoms with Gasteiger partial charge < -0.3 is 14.7 Å². The number of nitrogens with zero attached hydrogens (tertiary/aromatic N) is 6. The van der Waals surface area contributed by atoms with E-state index in [0.29, 0.717) is 0 Å². The second-order valence-corrected chi connectivity index (χ2v) is 6.56. The molecule has 1 aliphatic rings. The van der Waals surface area contributed by atoms with Crippen molar-refractivity contribution in [2.75, 3.05) is 45.2 Å². The van der Waals surface area contributed by atoms with Crippen LogP contribution in [-0.2, 0) is 6.42 Å². The van der Waals surface area contributed by atoms with Crippen LogP contribution in [0, 0.1) is 13.8 Å². The third-order valence-corrected chi connectivity index (χ3v) is 4.71. The molecule has 1 fully saturated rings. The highest BCUT2D eigenvalue weighted by Gasteiger charge is 2.24. The minimum absolute atomic E-state index is 0.0783. The van der Waals surface area contributed by atoms with Gasteiger partial charge in [0.15, 0.2) is 5.65 Å². The van der Waals surface area contributed by atoms with E-state index in [1.54, 1.807) is 19.0 Å². The lowest BCUT2D eigenvalue weighted by Crippen LogP contribution is -2.51. The number of carbonyl (C=O) groups excluding carboxylic acids is 1. The first-order valence-electron chi connectivity index (χ1n) is 8.49. The van der Waals surface area contributed by atoms with Crippen molar-refractivity contribution in [1.29, 1.82) is 0 Å². The molecule has 0 atom stereocenters. The van der Waals surface area contributed by atoms with Crippen LogP contribution in [0.3, 0.4) is 0 Å². The van der Waals surface area contributed by atoms with Crippen LogP contribution in [0.5, 0.6) is 0 Å². The Morgan fingerprint density at radius 2 is 1.88 bits per heavy atom. The molecule has 24 heavy (non-hydrogen) atoms. The van der Waals surface area contributed by atoms with Crippen LogP contribution in [-0.4, -0.2) is 70.7 Å². The summed E-state index contributed by atoms with van der Waals surface area (Å²) >= 11 is 0. The summed E-state index contributed by atoms with van der Waals surface area (Å²) in [4.78, 5) is 22.7. The molecular weight excluding hydrogens is 304 g/mol. The van der Waals surface area contributed by atoms with E-state index >= 15 is 0 Å². The monoisotopic (exact) mass is 330 g/mol. The number of aryl methyl sites for hydroxylation is 3. The topological polar surface area (TPSA) is 57.0 Å². The van der Waals surface area contributed by atoms with Gasteiger partial charge in [0.1, 0.15) is 5.82 Å². The summed E-state index contributed by atoms with van der Waals surface area (Å²) in [5.74, 6) is 1.07. The van der Waals surface area contributed by atoms with E-state index in [0.717, 1.165) is 61.0 Å². The highest BCUT2D eigenvalue weighted by molar-refractivity contribution is 5.74. The third-order valence-electron chi connectivity index (χ3n) is 4.71. The molecule has 0 aliphatic carbocycles. The number of piperazine rings is 1. The van der Waals surface area contributed by atoms with Gasteiger partial charge in [-0.15, -0.1) is 0 Å². The fraction of sp³-hybridized carbons (Fsp3) is 0.588. The lowest BCUT2D eigenvalue weighted by atomic mass is 10.2. The van der Waals surface area contributed by atoms with Gasteiger partial charge in [-0.25, -0.2) is 9.78 Å². The van der Waals surface area contributed by atoms with Crippen LogP contribution < -0.4 is 4.90 Å². The highest BCUT2D eigenvalue weighted by atomic mass is 16.2. The van der Waals surface area contributed by atoms with Gasteiger partial charge in [0, 0.05) is 57.6 Å². The van der Waals surface area contributed by atoms with Gasteiger partial charge >= 0.3 is 6.03 Å². The largest absolute Gasteiger partial charge is 0.353 e. The Hall–Kier alpha value is -2.31. The lowest BCUT2D eigenvalue weighted by molar-refractivity contribution is 0.168. The van der Waals surface area contributed by atoms with Crippen LogP contribution >= 0.6 is 0 Å². The average Bonchev–Trinajstić information content (AvgIpc) is 2.88. The van der Waals surface area contributed by atoms with Crippen LogP contribution in [0.15, 0.2) is 6.07 Å². The Morgan fingerprint density at radius 1 is 1.21 bits per heavy atom. The first kappa shape index (κ1) is 16.5. The summed E-state index contributed by atoms with van der Waals surface area (Å²) in [6, 6.07) is 2.21. The van der Waals surface area contributed by atoms with Gasteiger partial charge in [-0.05, 0) is 20.3 Å². The second kappa shape index (κ2) is 6.30. The Balaban J connectivity index is 1.90. The molecule has 0 aromatic carbocycles. The van der Waals surface area contributed by atoms with E-state index in [1.807, 2.05) is 16.3 Å². The standard InChI is InChI=1S/C17H26N6O/c1-6-14-11-15(23-16(18-14)12(2)13(3)19-23)21-7-9-22(10-8-21)17(24)20(4)5/h11H,6-10H2,1-5H3. The molecule has 0 radical (unpaired) electrons. The van der Waals surface area contributed by atoms with Crippen molar-refractivity contribution in [3.05, 3.63) is 23.0 Å². The predicted molar refractivity (Wildman–Crippen MR) is 94.7 cm³/mol. The molecule has 0 bridgehead atoms. The van der Waals surface area contributed by atoms with Crippen molar-refractivity contribution in [1.82, 2.24) is 24.4 Å². The number of carbonyl (C=O) groups is 1. The summed E-state index contributed by atoms with van der Waals surface area (Å²) < 4.78 is 1.95. The zero-order chi connectivity index (χ0) is 17.4. The molecular formula is C17H26N6O. The molecule has 3 rings (SSSR count). The van der Waals surface area contributed by atoms with Gasteiger partial charge in [-0.2, -0.15) is 9.61 Å². The van der Waals surface area contributed by atoms with E-state index in [9.17, 15) is 4.79 Å². The maximum atomic E-state index is 12.1. The molecule has 1 aliphatic heterocycles. The van der Waals surface area contributed by atoms with E-state index in [2.05, 4.69) is 29.9 Å². The first-order chi connectivity index (χ1) is 11.4. The Morgan fingerprint density at radius 3 is 2.46 bits per heavy atom. The molecule has 2 aromatic rings. The summed E-state index contributed by atoms with van der Waals surface area (Å²) in [5, 5.41) is 4.67. The van der Waals surface area contributed by atoms with Crippen molar-refractivity contribution >= 4 is 17.5 Å². The van der Waals surface area contributed by atoms with Gasteiger partial charge in [-0.1, -0.05) is 6.92 Å². The molecule has 0 saturated carbocycles. The number of fused-ring (bicyclic) bond motifs is 1. The Labute approximate surface area is 142 Å². The molecule has 1 saturated heterocycles. The number of anilines is 1. The van der Waals surface area contributed by atoms with Crippen molar-refractivity contribution in [3.8, 4) is 0 Å². The van der Waals surface area contributed by atoms with Gasteiger partial charge in [0.25, 0.3) is 0 Å².